The molecule has 0 aromatic heterocycles. The van der Waals surface area contributed by atoms with Crippen molar-refractivity contribution in [1.82, 2.24) is 0 Å². The lowest BCUT2D eigenvalue weighted by atomic mass is 10.3. The standard InChI is InChI=1S/C6H8O3.C6H6O.C4H10O/c1-2-6(7)9-4-5-3-8-5;7-6-4-2-1-3-5-6;1-3-5-4-2/h2,5H,1,3-4H2;1-5,7H;3-4H2,1-2H3. The quantitative estimate of drug-likeness (QED) is 0.514. The summed E-state index contributed by atoms with van der Waals surface area (Å²) in [7, 11) is 0. The van der Waals surface area contributed by atoms with Gasteiger partial charge in [-0.3, -0.25) is 0 Å². The molecule has 1 aliphatic rings. The number of hydrogen-bond acceptors (Lipinski definition) is 5. The largest absolute Gasteiger partial charge is 0.508 e. The Labute approximate surface area is 126 Å². The van der Waals surface area contributed by atoms with E-state index in [2.05, 4.69) is 11.3 Å². The average Bonchev–Trinajstić information content (AvgIpc) is 3.32. The van der Waals surface area contributed by atoms with E-state index in [1.165, 1.54) is 0 Å². The molecule has 1 unspecified atom stereocenters. The van der Waals surface area contributed by atoms with Crippen LogP contribution in [0.25, 0.3) is 0 Å². The molecule has 118 valence electrons. The van der Waals surface area contributed by atoms with Crippen LogP contribution in [-0.2, 0) is 19.0 Å². The Balaban J connectivity index is 0.000000300. The minimum atomic E-state index is -0.384. The van der Waals surface area contributed by atoms with Crippen molar-refractivity contribution in [2.75, 3.05) is 26.4 Å². The highest BCUT2D eigenvalue weighted by atomic mass is 16.6. The van der Waals surface area contributed by atoms with Crippen LogP contribution in [0.2, 0.25) is 0 Å². The lowest BCUT2D eigenvalue weighted by Gasteiger charge is -1.94. The van der Waals surface area contributed by atoms with E-state index in [1.54, 1.807) is 24.3 Å². The summed E-state index contributed by atoms with van der Waals surface area (Å²) in [5.74, 6) is -0.0620. The number of carbonyl (C=O) groups is 1. The number of aromatic hydroxyl groups is 1. The van der Waals surface area contributed by atoms with E-state index in [9.17, 15) is 4.79 Å². The van der Waals surface area contributed by atoms with E-state index >= 15 is 0 Å². The fraction of sp³-hybridized carbons (Fsp3) is 0.438. The van der Waals surface area contributed by atoms with Crippen LogP contribution >= 0.6 is 0 Å². The van der Waals surface area contributed by atoms with Gasteiger partial charge in [0.1, 0.15) is 18.5 Å². The summed E-state index contributed by atoms with van der Waals surface area (Å²) >= 11 is 0. The zero-order chi connectivity index (χ0) is 15.9. The van der Waals surface area contributed by atoms with Crippen LogP contribution in [0.3, 0.4) is 0 Å². The molecule has 0 saturated carbocycles. The molecule has 21 heavy (non-hydrogen) atoms. The maximum atomic E-state index is 10.3. The van der Waals surface area contributed by atoms with E-state index in [-0.39, 0.29) is 12.1 Å². The third kappa shape index (κ3) is 14.4. The SMILES string of the molecule is C=CC(=O)OCC1CO1.CCOCC.Oc1ccccc1. The normalized spacial score (nSPS) is 14.7. The molecular weight excluding hydrogens is 272 g/mol. The van der Waals surface area contributed by atoms with Crippen molar-refractivity contribution in [2.24, 2.45) is 0 Å². The molecule has 1 aliphatic heterocycles. The molecule has 1 N–H and O–H groups in total. The van der Waals surface area contributed by atoms with Gasteiger partial charge in [-0.1, -0.05) is 24.8 Å². The number of phenolic OH excluding ortho intramolecular Hbond substituents is 1. The van der Waals surface area contributed by atoms with Gasteiger partial charge in [-0.05, 0) is 26.0 Å². The molecular formula is C16H24O5. The second-order valence-electron chi connectivity index (χ2n) is 3.91. The Morgan fingerprint density at radius 1 is 1.38 bits per heavy atom. The van der Waals surface area contributed by atoms with E-state index in [1.807, 2.05) is 19.9 Å². The number of esters is 1. The third-order valence-corrected chi connectivity index (χ3v) is 2.14. The zero-order valence-corrected chi connectivity index (χ0v) is 12.7. The van der Waals surface area contributed by atoms with Gasteiger partial charge in [-0.25, -0.2) is 4.79 Å². The first-order chi connectivity index (χ1) is 10.1. The van der Waals surface area contributed by atoms with E-state index in [0.29, 0.717) is 19.0 Å². The number of benzene rings is 1. The molecule has 0 radical (unpaired) electrons. The Hall–Kier alpha value is -1.85. The van der Waals surface area contributed by atoms with E-state index in [0.717, 1.165) is 19.3 Å². The van der Waals surface area contributed by atoms with E-state index in [4.69, 9.17) is 14.6 Å². The van der Waals surface area contributed by atoms with Crippen molar-refractivity contribution in [3.05, 3.63) is 43.0 Å². The van der Waals surface area contributed by atoms with Crippen LogP contribution in [0.4, 0.5) is 0 Å². The lowest BCUT2D eigenvalue weighted by molar-refractivity contribution is -0.138. The minimum absolute atomic E-state index is 0.147. The fourth-order valence-electron chi connectivity index (χ4n) is 1.03. The topological polar surface area (TPSA) is 68.3 Å². The fourth-order valence-corrected chi connectivity index (χ4v) is 1.03. The smallest absolute Gasteiger partial charge is 0.330 e. The summed E-state index contributed by atoms with van der Waals surface area (Å²) in [5, 5.41) is 8.63. The van der Waals surface area contributed by atoms with Gasteiger partial charge in [-0.2, -0.15) is 0 Å². The summed E-state index contributed by atoms with van der Waals surface area (Å²) in [6.07, 6.45) is 1.29. The van der Waals surface area contributed by atoms with Gasteiger partial charge in [0, 0.05) is 19.3 Å². The number of hydrogen-bond donors (Lipinski definition) is 1. The third-order valence-electron chi connectivity index (χ3n) is 2.14. The number of para-hydroxylation sites is 1. The first kappa shape index (κ1) is 19.1. The predicted octanol–water partition coefficient (Wildman–Crippen LogP) is 2.55. The van der Waals surface area contributed by atoms with Crippen molar-refractivity contribution in [2.45, 2.75) is 20.0 Å². The first-order valence-electron chi connectivity index (χ1n) is 6.86. The monoisotopic (exact) mass is 296 g/mol. The average molecular weight is 296 g/mol. The Kier molecular flexibility index (Phi) is 12.0. The van der Waals surface area contributed by atoms with Crippen molar-refractivity contribution in [3.63, 3.8) is 0 Å². The molecule has 0 amide bonds. The van der Waals surface area contributed by atoms with Crippen molar-refractivity contribution in [3.8, 4) is 5.75 Å². The number of ether oxygens (including phenoxy) is 3. The maximum Gasteiger partial charge on any atom is 0.330 e. The van der Waals surface area contributed by atoms with Crippen molar-refractivity contribution in [1.29, 1.82) is 0 Å². The molecule has 5 nitrogen and oxygen atoms in total. The predicted molar refractivity (Wildman–Crippen MR) is 81.2 cm³/mol. The van der Waals surface area contributed by atoms with Gasteiger partial charge in [-0.15, -0.1) is 0 Å². The molecule has 0 bridgehead atoms. The molecule has 1 atom stereocenters. The number of rotatable bonds is 5. The highest BCUT2D eigenvalue weighted by Crippen LogP contribution is 2.08. The number of epoxide rings is 1. The number of carbonyl (C=O) groups excluding carboxylic acids is 1. The molecule has 5 heteroatoms. The molecule has 1 aromatic carbocycles. The second kappa shape index (κ2) is 13.1. The summed E-state index contributed by atoms with van der Waals surface area (Å²) in [5.41, 5.74) is 0. The van der Waals surface area contributed by atoms with Gasteiger partial charge in [0.25, 0.3) is 0 Å². The molecule has 2 rings (SSSR count). The molecule has 0 aliphatic carbocycles. The van der Waals surface area contributed by atoms with Crippen LogP contribution in [0.1, 0.15) is 13.8 Å². The van der Waals surface area contributed by atoms with Crippen LogP contribution < -0.4 is 0 Å². The minimum Gasteiger partial charge on any atom is -0.508 e. The van der Waals surface area contributed by atoms with E-state index < -0.39 is 0 Å². The van der Waals surface area contributed by atoms with Gasteiger partial charge < -0.3 is 19.3 Å². The van der Waals surface area contributed by atoms with Crippen LogP contribution in [-0.4, -0.2) is 43.6 Å². The maximum absolute atomic E-state index is 10.3. The Morgan fingerprint density at radius 3 is 2.24 bits per heavy atom. The van der Waals surface area contributed by atoms with Crippen molar-refractivity contribution < 1.29 is 24.1 Å². The van der Waals surface area contributed by atoms with Gasteiger partial charge in [0.15, 0.2) is 0 Å². The summed E-state index contributed by atoms with van der Waals surface area (Å²) in [6, 6.07) is 8.71. The highest BCUT2D eigenvalue weighted by Gasteiger charge is 2.23. The highest BCUT2D eigenvalue weighted by molar-refractivity contribution is 5.81. The molecule has 1 aromatic rings. The Bertz CT molecular complexity index is 372. The van der Waals surface area contributed by atoms with Crippen LogP contribution in [0.5, 0.6) is 5.75 Å². The summed E-state index contributed by atoms with van der Waals surface area (Å²) in [4.78, 5) is 10.3. The molecule has 1 heterocycles. The number of phenols is 1. The summed E-state index contributed by atoms with van der Waals surface area (Å²) in [6.45, 7) is 9.99. The van der Waals surface area contributed by atoms with Gasteiger partial charge in [0.2, 0.25) is 0 Å². The van der Waals surface area contributed by atoms with Crippen LogP contribution in [0, 0.1) is 0 Å². The van der Waals surface area contributed by atoms with Crippen molar-refractivity contribution >= 4 is 5.97 Å². The van der Waals surface area contributed by atoms with Gasteiger partial charge >= 0.3 is 5.97 Å². The van der Waals surface area contributed by atoms with Gasteiger partial charge in [0.05, 0.1) is 6.61 Å². The molecule has 0 spiro atoms. The Morgan fingerprint density at radius 2 is 1.95 bits per heavy atom. The lowest BCUT2D eigenvalue weighted by Crippen LogP contribution is -2.06. The molecule has 1 fully saturated rings. The second-order valence-corrected chi connectivity index (χ2v) is 3.91. The van der Waals surface area contributed by atoms with Crippen LogP contribution in [0.15, 0.2) is 43.0 Å². The molecule has 1 saturated heterocycles. The first-order valence-corrected chi connectivity index (χ1v) is 6.86. The summed E-state index contributed by atoms with van der Waals surface area (Å²) < 4.78 is 14.3. The zero-order valence-electron chi connectivity index (χ0n) is 12.7.